The van der Waals surface area contributed by atoms with Crippen molar-refractivity contribution in [2.24, 2.45) is 0 Å². The van der Waals surface area contributed by atoms with E-state index in [0.29, 0.717) is 28.7 Å². The molecular formula is C14H19Cl2N3O. The van der Waals surface area contributed by atoms with Crippen molar-refractivity contribution in [3.63, 3.8) is 0 Å². The molecule has 2 rings (SSSR count). The molecule has 1 aliphatic heterocycles. The Morgan fingerprint density at radius 2 is 2.10 bits per heavy atom. The van der Waals surface area contributed by atoms with E-state index in [-0.39, 0.29) is 11.4 Å². The van der Waals surface area contributed by atoms with Gasteiger partial charge in [-0.25, -0.2) is 0 Å². The first kappa shape index (κ1) is 15.6. The molecular weight excluding hydrogens is 297 g/mol. The van der Waals surface area contributed by atoms with Crippen molar-refractivity contribution >= 4 is 34.8 Å². The minimum atomic E-state index is -0.0953. The first-order chi connectivity index (χ1) is 9.50. The molecule has 3 N–H and O–H groups in total. The summed E-state index contributed by atoms with van der Waals surface area (Å²) in [6, 6.07) is 5.15. The third kappa shape index (κ3) is 4.09. The topological polar surface area (TPSA) is 53.2 Å². The lowest BCUT2D eigenvalue weighted by Gasteiger charge is -2.24. The number of anilines is 1. The van der Waals surface area contributed by atoms with E-state index in [1.807, 2.05) is 0 Å². The summed E-state index contributed by atoms with van der Waals surface area (Å²) in [5.74, 6) is -0.0953. The monoisotopic (exact) mass is 315 g/mol. The van der Waals surface area contributed by atoms with Gasteiger partial charge in [-0.2, -0.15) is 0 Å². The maximum atomic E-state index is 11.9. The zero-order valence-electron chi connectivity index (χ0n) is 11.4. The third-order valence-corrected chi connectivity index (χ3v) is 4.13. The summed E-state index contributed by atoms with van der Waals surface area (Å²) in [7, 11) is 0. The van der Waals surface area contributed by atoms with Gasteiger partial charge in [0.1, 0.15) is 0 Å². The number of nitrogens with one attached hydrogen (secondary N) is 3. The smallest absolute Gasteiger partial charge is 0.225 e. The standard InChI is InChI=1S/C14H19Cl2N3O/c1-14(6-8-17-9-14)18-7-5-12(20)19-13-10(15)3-2-4-11(13)16/h2-4,17-18H,5-9H2,1H3,(H,19,20). The number of rotatable bonds is 5. The molecule has 1 unspecified atom stereocenters. The van der Waals surface area contributed by atoms with E-state index in [1.54, 1.807) is 18.2 Å². The molecule has 0 aromatic heterocycles. The molecule has 1 heterocycles. The van der Waals surface area contributed by atoms with Crippen LogP contribution < -0.4 is 16.0 Å². The van der Waals surface area contributed by atoms with E-state index in [2.05, 4.69) is 22.9 Å². The predicted octanol–water partition coefficient (Wildman–Crippen LogP) is 2.66. The summed E-state index contributed by atoms with van der Waals surface area (Å²) >= 11 is 12.0. The number of hydrogen-bond acceptors (Lipinski definition) is 3. The Balaban J connectivity index is 1.81. The summed E-state index contributed by atoms with van der Waals surface area (Å²) in [5.41, 5.74) is 0.567. The largest absolute Gasteiger partial charge is 0.324 e. The van der Waals surface area contributed by atoms with Crippen molar-refractivity contribution in [3.05, 3.63) is 28.2 Å². The van der Waals surface area contributed by atoms with Crippen LogP contribution in [0.1, 0.15) is 19.8 Å². The highest BCUT2D eigenvalue weighted by Gasteiger charge is 2.27. The van der Waals surface area contributed by atoms with E-state index in [9.17, 15) is 4.79 Å². The van der Waals surface area contributed by atoms with Crippen molar-refractivity contribution < 1.29 is 4.79 Å². The quantitative estimate of drug-likeness (QED) is 0.783. The van der Waals surface area contributed by atoms with Gasteiger partial charge in [-0.1, -0.05) is 29.3 Å². The number of carbonyl (C=O) groups excluding carboxylic acids is 1. The van der Waals surface area contributed by atoms with Crippen molar-refractivity contribution in [2.45, 2.75) is 25.3 Å². The normalized spacial score (nSPS) is 21.9. The molecule has 20 heavy (non-hydrogen) atoms. The van der Waals surface area contributed by atoms with Crippen LogP contribution in [0.2, 0.25) is 10.0 Å². The maximum Gasteiger partial charge on any atom is 0.225 e. The van der Waals surface area contributed by atoms with E-state index in [0.717, 1.165) is 19.5 Å². The van der Waals surface area contributed by atoms with E-state index in [4.69, 9.17) is 23.2 Å². The van der Waals surface area contributed by atoms with E-state index in [1.165, 1.54) is 0 Å². The first-order valence-electron chi connectivity index (χ1n) is 6.70. The van der Waals surface area contributed by atoms with Crippen LogP contribution in [-0.4, -0.2) is 31.1 Å². The van der Waals surface area contributed by atoms with Gasteiger partial charge in [0.2, 0.25) is 5.91 Å². The second kappa shape index (κ2) is 6.76. The zero-order chi connectivity index (χ0) is 14.6. The molecule has 0 aliphatic carbocycles. The Kier molecular flexibility index (Phi) is 5.27. The molecule has 110 valence electrons. The SMILES string of the molecule is CC1(NCCC(=O)Nc2c(Cl)cccc2Cl)CCNC1. The van der Waals surface area contributed by atoms with Gasteiger partial charge in [0.05, 0.1) is 15.7 Å². The second-order valence-electron chi connectivity index (χ2n) is 5.31. The summed E-state index contributed by atoms with van der Waals surface area (Å²) in [6.07, 6.45) is 1.46. The van der Waals surface area contributed by atoms with Crippen molar-refractivity contribution in [3.8, 4) is 0 Å². The number of halogens is 2. The Hall–Kier alpha value is -0.810. The van der Waals surface area contributed by atoms with Crippen LogP contribution in [0.4, 0.5) is 5.69 Å². The molecule has 1 fully saturated rings. The van der Waals surface area contributed by atoms with Crippen LogP contribution in [-0.2, 0) is 4.79 Å². The summed E-state index contributed by atoms with van der Waals surface area (Å²) in [4.78, 5) is 11.9. The van der Waals surface area contributed by atoms with Gasteiger partial charge in [-0.15, -0.1) is 0 Å². The molecule has 0 saturated carbocycles. The molecule has 1 aromatic rings. The van der Waals surface area contributed by atoms with Crippen LogP contribution in [0.25, 0.3) is 0 Å². The summed E-state index contributed by atoms with van der Waals surface area (Å²) in [6.45, 7) is 4.75. The average Bonchev–Trinajstić information content (AvgIpc) is 2.81. The fraction of sp³-hybridized carbons (Fsp3) is 0.500. The fourth-order valence-corrected chi connectivity index (χ4v) is 2.76. The lowest BCUT2D eigenvalue weighted by molar-refractivity contribution is -0.116. The molecule has 1 saturated heterocycles. The molecule has 0 bridgehead atoms. The number of carbonyl (C=O) groups is 1. The molecule has 1 amide bonds. The highest BCUT2D eigenvalue weighted by Crippen LogP contribution is 2.29. The first-order valence-corrected chi connectivity index (χ1v) is 7.45. The van der Waals surface area contributed by atoms with Gasteiger partial charge >= 0.3 is 0 Å². The van der Waals surface area contributed by atoms with Gasteiger partial charge in [-0.3, -0.25) is 4.79 Å². The minimum Gasteiger partial charge on any atom is -0.324 e. The number of benzene rings is 1. The van der Waals surface area contributed by atoms with Crippen molar-refractivity contribution in [1.29, 1.82) is 0 Å². The second-order valence-corrected chi connectivity index (χ2v) is 6.12. The third-order valence-electron chi connectivity index (χ3n) is 3.50. The Bertz CT molecular complexity index is 467. The molecule has 6 heteroatoms. The lowest BCUT2D eigenvalue weighted by Crippen LogP contribution is -2.45. The minimum absolute atomic E-state index is 0.0856. The summed E-state index contributed by atoms with van der Waals surface area (Å²) in [5, 5.41) is 10.4. The Morgan fingerprint density at radius 3 is 2.70 bits per heavy atom. The molecule has 4 nitrogen and oxygen atoms in total. The molecule has 0 spiro atoms. The van der Waals surface area contributed by atoms with E-state index >= 15 is 0 Å². The van der Waals surface area contributed by atoms with Crippen LogP contribution in [0.3, 0.4) is 0 Å². The molecule has 1 aromatic carbocycles. The number of hydrogen-bond donors (Lipinski definition) is 3. The number of amides is 1. The Morgan fingerprint density at radius 1 is 1.40 bits per heavy atom. The lowest BCUT2D eigenvalue weighted by atomic mass is 10.0. The van der Waals surface area contributed by atoms with Gasteiger partial charge in [-0.05, 0) is 32.0 Å². The predicted molar refractivity (Wildman–Crippen MR) is 83.6 cm³/mol. The number of para-hydroxylation sites is 1. The average molecular weight is 316 g/mol. The fourth-order valence-electron chi connectivity index (χ4n) is 2.26. The zero-order valence-corrected chi connectivity index (χ0v) is 12.9. The highest BCUT2D eigenvalue weighted by molar-refractivity contribution is 6.39. The Labute approximate surface area is 129 Å². The van der Waals surface area contributed by atoms with E-state index < -0.39 is 0 Å². The van der Waals surface area contributed by atoms with Crippen LogP contribution in [0, 0.1) is 0 Å². The van der Waals surface area contributed by atoms with Crippen LogP contribution >= 0.6 is 23.2 Å². The summed E-state index contributed by atoms with van der Waals surface area (Å²) < 4.78 is 0. The maximum absolute atomic E-state index is 11.9. The van der Waals surface area contributed by atoms with Crippen molar-refractivity contribution in [2.75, 3.05) is 25.0 Å². The van der Waals surface area contributed by atoms with Crippen LogP contribution in [0.15, 0.2) is 18.2 Å². The molecule has 1 atom stereocenters. The molecule has 1 aliphatic rings. The highest BCUT2D eigenvalue weighted by atomic mass is 35.5. The molecule has 0 radical (unpaired) electrons. The van der Waals surface area contributed by atoms with Crippen molar-refractivity contribution in [1.82, 2.24) is 10.6 Å². The van der Waals surface area contributed by atoms with Gasteiger partial charge in [0, 0.05) is 25.0 Å². The van der Waals surface area contributed by atoms with Crippen LogP contribution in [0.5, 0.6) is 0 Å². The van der Waals surface area contributed by atoms with Gasteiger partial charge in [0.15, 0.2) is 0 Å². The van der Waals surface area contributed by atoms with Gasteiger partial charge in [0.25, 0.3) is 0 Å². The van der Waals surface area contributed by atoms with Gasteiger partial charge < -0.3 is 16.0 Å².